The second kappa shape index (κ2) is 6.02. The lowest BCUT2D eigenvalue weighted by atomic mass is 10.2. The molecule has 0 atom stereocenters. The highest BCUT2D eigenvalue weighted by Gasteiger charge is 2.18. The minimum atomic E-state index is -3.96. The molecule has 0 saturated carbocycles. The van der Waals surface area contributed by atoms with E-state index in [4.69, 9.17) is 0 Å². The maximum Gasteiger partial charge on any atom is 0.261 e. The summed E-state index contributed by atoms with van der Waals surface area (Å²) in [6.45, 7) is 1.73. The van der Waals surface area contributed by atoms with Gasteiger partial charge in [-0.05, 0) is 52.7 Å². The van der Waals surface area contributed by atoms with Gasteiger partial charge in [-0.15, -0.1) is 0 Å². The number of benzene rings is 2. The first-order valence-corrected chi connectivity index (χ1v) is 8.71. The van der Waals surface area contributed by atoms with E-state index >= 15 is 0 Å². The van der Waals surface area contributed by atoms with Gasteiger partial charge < -0.3 is 0 Å². The van der Waals surface area contributed by atoms with Crippen molar-refractivity contribution in [1.29, 1.82) is 0 Å². The van der Waals surface area contributed by atoms with E-state index in [-0.39, 0.29) is 15.1 Å². The molecule has 0 aliphatic carbocycles. The lowest BCUT2D eigenvalue weighted by molar-refractivity contribution is 0.579. The molecule has 0 spiro atoms. The molecule has 8 heteroatoms. The highest BCUT2D eigenvalue weighted by molar-refractivity contribution is 9.10. The van der Waals surface area contributed by atoms with Gasteiger partial charge in [0.25, 0.3) is 10.0 Å². The van der Waals surface area contributed by atoms with Gasteiger partial charge in [0, 0.05) is 10.5 Å². The summed E-state index contributed by atoms with van der Waals surface area (Å²) in [5, 5.41) is 0. The van der Waals surface area contributed by atoms with Crippen LogP contribution in [-0.2, 0) is 10.0 Å². The maximum absolute atomic E-state index is 13.6. The molecule has 1 N–H and O–H groups in total. The van der Waals surface area contributed by atoms with E-state index in [0.29, 0.717) is 6.07 Å². The number of sulfonamides is 1. The number of hydrogen-bond acceptors (Lipinski definition) is 2. The molecule has 0 unspecified atom stereocenters. The Bertz CT molecular complexity index is 810. The van der Waals surface area contributed by atoms with Crippen LogP contribution < -0.4 is 4.72 Å². The Morgan fingerprint density at radius 2 is 1.67 bits per heavy atom. The topological polar surface area (TPSA) is 46.2 Å². The molecule has 0 aliphatic rings. The SMILES string of the molecule is Cc1cc(S(=O)(=O)Nc2cc(Br)c(F)cc2F)ccc1Br. The van der Waals surface area contributed by atoms with Crippen LogP contribution in [0.1, 0.15) is 5.56 Å². The Balaban J connectivity index is 2.42. The fraction of sp³-hybridized carbons (Fsp3) is 0.0769. The quantitative estimate of drug-likeness (QED) is 0.709. The van der Waals surface area contributed by atoms with Crippen LogP contribution in [0.3, 0.4) is 0 Å². The van der Waals surface area contributed by atoms with E-state index in [1.54, 1.807) is 13.0 Å². The monoisotopic (exact) mass is 439 g/mol. The van der Waals surface area contributed by atoms with E-state index in [0.717, 1.165) is 16.1 Å². The van der Waals surface area contributed by atoms with Crippen molar-refractivity contribution in [3.05, 3.63) is 56.5 Å². The largest absolute Gasteiger partial charge is 0.277 e. The molecular weight excluding hydrogens is 432 g/mol. The first kappa shape index (κ1) is 16.4. The summed E-state index contributed by atoms with van der Waals surface area (Å²) in [6, 6.07) is 6.06. The molecular formula is C13H9Br2F2NO2S. The molecule has 0 aliphatic heterocycles. The van der Waals surface area contributed by atoms with Crippen molar-refractivity contribution in [1.82, 2.24) is 0 Å². The highest BCUT2D eigenvalue weighted by Crippen LogP contribution is 2.27. The van der Waals surface area contributed by atoms with Crippen LogP contribution in [-0.4, -0.2) is 8.42 Å². The van der Waals surface area contributed by atoms with E-state index < -0.39 is 21.7 Å². The predicted molar refractivity (Wildman–Crippen MR) is 83.7 cm³/mol. The van der Waals surface area contributed by atoms with Crippen molar-refractivity contribution in [2.24, 2.45) is 0 Å². The Morgan fingerprint density at radius 1 is 1.00 bits per heavy atom. The van der Waals surface area contributed by atoms with Crippen LogP contribution in [0.4, 0.5) is 14.5 Å². The Labute approximate surface area is 137 Å². The number of rotatable bonds is 3. The van der Waals surface area contributed by atoms with Crippen LogP contribution in [0.2, 0.25) is 0 Å². The number of anilines is 1. The molecule has 0 fully saturated rings. The van der Waals surface area contributed by atoms with Crippen LogP contribution in [0.5, 0.6) is 0 Å². The van der Waals surface area contributed by atoms with E-state index in [1.165, 1.54) is 12.1 Å². The van der Waals surface area contributed by atoms with E-state index in [9.17, 15) is 17.2 Å². The summed E-state index contributed by atoms with van der Waals surface area (Å²) in [5.41, 5.74) is 0.391. The summed E-state index contributed by atoms with van der Waals surface area (Å²) >= 11 is 6.15. The third kappa shape index (κ3) is 3.61. The molecule has 3 nitrogen and oxygen atoms in total. The molecule has 112 valence electrons. The third-order valence-electron chi connectivity index (χ3n) is 2.69. The van der Waals surface area contributed by atoms with Gasteiger partial charge in [0.05, 0.1) is 15.1 Å². The molecule has 2 rings (SSSR count). The van der Waals surface area contributed by atoms with Crippen LogP contribution in [0.25, 0.3) is 0 Å². The summed E-state index contributed by atoms with van der Waals surface area (Å²) < 4.78 is 54.0. The molecule has 2 aromatic carbocycles. The van der Waals surface area contributed by atoms with Crippen molar-refractivity contribution in [3.8, 4) is 0 Å². The minimum absolute atomic E-state index is 0.0111. The highest BCUT2D eigenvalue weighted by atomic mass is 79.9. The smallest absolute Gasteiger partial charge is 0.261 e. The maximum atomic E-state index is 13.6. The Hall–Kier alpha value is -0.990. The Kier molecular flexibility index (Phi) is 4.69. The number of nitrogens with one attached hydrogen (secondary N) is 1. The Morgan fingerprint density at radius 3 is 2.29 bits per heavy atom. The molecule has 2 aromatic rings. The van der Waals surface area contributed by atoms with Crippen LogP contribution >= 0.6 is 31.9 Å². The molecule has 0 radical (unpaired) electrons. The average molecular weight is 441 g/mol. The van der Waals surface area contributed by atoms with E-state index in [1.807, 2.05) is 0 Å². The van der Waals surface area contributed by atoms with Gasteiger partial charge in [0.2, 0.25) is 0 Å². The number of halogens is 4. The molecule has 0 heterocycles. The predicted octanol–water partition coefficient (Wildman–Crippen LogP) is 4.60. The lowest BCUT2D eigenvalue weighted by Crippen LogP contribution is -2.14. The zero-order chi connectivity index (χ0) is 15.8. The molecule has 21 heavy (non-hydrogen) atoms. The van der Waals surface area contributed by atoms with Gasteiger partial charge in [0.1, 0.15) is 11.6 Å². The summed E-state index contributed by atoms with van der Waals surface area (Å²) in [7, 11) is -3.96. The molecule has 0 aromatic heterocycles. The van der Waals surface area contributed by atoms with Gasteiger partial charge >= 0.3 is 0 Å². The molecule has 0 amide bonds. The van der Waals surface area contributed by atoms with Gasteiger partial charge in [-0.25, -0.2) is 17.2 Å². The number of hydrogen-bond donors (Lipinski definition) is 1. The average Bonchev–Trinajstić information content (AvgIpc) is 2.39. The van der Waals surface area contributed by atoms with Gasteiger partial charge in [0.15, 0.2) is 0 Å². The standard InChI is InChI=1S/C13H9Br2F2NO2S/c1-7-4-8(2-3-9(7)14)21(19,20)18-13-5-10(15)11(16)6-12(13)17/h2-6,18H,1H3. The normalized spacial score (nSPS) is 11.5. The van der Waals surface area contributed by atoms with Crippen LogP contribution in [0.15, 0.2) is 44.2 Å². The van der Waals surface area contributed by atoms with Crippen molar-refractivity contribution < 1.29 is 17.2 Å². The summed E-state index contributed by atoms with van der Waals surface area (Å²) in [6.07, 6.45) is 0. The number of aryl methyl sites for hydroxylation is 1. The summed E-state index contributed by atoms with van der Waals surface area (Å²) in [5.74, 6) is -1.80. The zero-order valence-electron chi connectivity index (χ0n) is 10.6. The van der Waals surface area contributed by atoms with Gasteiger partial charge in [-0.1, -0.05) is 15.9 Å². The van der Waals surface area contributed by atoms with Crippen molar-refractivity contribution in [2.45, 2.75) is 11.8 Å². The van der Waals surface area contributed by atoms with Gasteiger partial charge in [-0.2, -0.15) is 0 Å². The van der Waals surface area contributed by atoms with Gasteiger partial charge in [-0.3, -0.25) is 4.72 Å². The molecule has 0 saturated heterocycles. The van der Waals surface area contributed by atoms with Crippen molar-refractivity contribution in [2.75, 3.05) is 4.72 Å². The first-order valence-electron chi connectivity index (χ1n) is 5.64. The lowest BCUT2D eigenvalue weighted by Gasteiger charge is -2.11. The zero-order valence-corrected chi connectivity index (χ0v) is 14.6. The summed E-state index contributed by atoms with van der Waals surface area (Å²) in [4.78, 5) is -0.0111. The van der Waals surface area contributed by atoms with Crippen LogP contribution in [0, 0.1) is 18.6 Å². The van der Waals surface area contributed by atoms with Crippen molar-refractivity contribution in [3.63, 3.8) is 0 Å². The molecule has 0 bridgehead atoms. The second-order valence-electron chi connectivity index (χ2n) is 4.26. The third-order valence-corrected chi connectivity index (χ3v) is 5.55. The fourth-order valence-electron chi connectivity index (χ4n) is 1.59. The van der Waals surface area contributed by atoms with E-state index in [2.05, 4.69) is 36.6 Å². The second-order valence-corrected chi connectivity index (χ2v) is 7.65. The fourth-order valence-corrected chi connectivity index (χ4v) is 3.32. The minimum Gasteiger partial charge on any atom is -0.277 e. The van der Waals surface area contributed by atoms with Crippen molar-refractivity contribution >= 4 is 47.6 Å². The first-order chi connectivity index (χ1) is 9.70.